The Hall–Kier alpha value is -2.44. The third-order valence-electron chi connectivity index (χ3n) is 4.27. The molecule has 1 fully saturated rings. The van der Waals surface area contributed by atoms with Crippen LogP contribution in [0.5, 0.6) is 0 Å². The maximum atomic E-state index is 12.2. The first-order valence-electron chi connectivity index (χ1n) is 8.46. The molecule has 2 N–H and O–H groups in total. The van der Waals surface area contributed by atoms with Crippen molar-refractivity contribution >= 4 is 23.4 Å². The van der Waals surface area contributed by atoms with E-state index >= 15 is 0 Å². The van der Waals surface area contributed by atoms with E-state index in [0.29, 0.717) is 35.8 Å². The molecule has 26 heavy (non-hydrogen) atoms. The second-order valence-electron chi connectivity index (χ2n) is 6.19. The van der Waals surface area contributed by atoms with Gasteiger partial charge in [-0.1, -0.05) is 23.7 Å². The number of hydrogen-bond donors (Lipinski definition) is 2. The third kappa shape index (κ3) is 4.80. The Morgan fingerprint density at radius 3 is 2.58 bits per heavy atom. The molecule has 0 bridgehead atoms. The standard InChI is InChI=1S/C19H20ClN3O3/c20-17-4-2-1-3-16(17)19(25)23-11-15-9-13(12-26-15)10-22-18(24)14-5-7-21-8-6-14/h1-8,13,15H,9-12H2,(H,22,24)(H,23,25). The molecule has 2 atom stereocenters. The van der Waals surface area contributed by atoms with E-state index < -0.39 is 0 Å². The molecule has 1 aromatic heterocycles. The highest BCUT2D eigenvalue weighted by Gasteiger charge is 2.26. The Labute approximate surface area is 156 Å². The molecular weight excluding hydrogens is 354 g/mol. The third-order valence-corrected chi connectivity index (χ3v) is 4.60. The molecule has 0 spiro atoms. The lowest BCUT2D eigenvalue weighted by Gasteiger charge is -2.12. The van der Waals surface area contributed by atoms with Crippen LogP contribution in [-0.4, -0.2) is 42.6 Å². The first-order chi connectivity index (χ1) is 12.6. The van der Waals surface area contributed by atoms with E-state index in [2.05, 4.69) is 15.6 Å². The van der Waals surface area contributed by atoms with E-state index in [1.165, 1.54) is 0 Å². The molecule has 2 heterocycles. The van der Waals surface area contributed by atoms with Crippen LogP contribution in [0.4, 0.5) is 0 Å². The SMILES string of the molecule is O=C(NCC1COC(CNC(=O)c2ccccc2Cl)C1)c1ccncc1. The Morgan fingerprint density at radius 1 is 1.08 bits per heavy atom. The van der Waals surface area contributed by atoms with Gasteiger partial charge in [0, 0.05) is 37.0 Å². The molecule has 0 saturated carbocycles. The Morgan fingerprint density at radius 2 is 1.81 bits per heavy atom. The number of benzene rings is 1. The summed E-state index contributed by atoms with van der Waals surface area (Å²) in [6.07, 6.45) is 3.89. The van der Waals surface area contributed by atoms with Crippen LogP contribution in [-0.2, 0) is 4.74 Å². The van der Waals surface area contributed by atoms with Crippen LogP contribution < -0.4 is 10.6 Å². The summed E-state index contributed by atoms with van der Waals surface area (Å²) in [5, 5.41) is 6.18. The quantitative estimate of drug-likeness (QED) is 0.814. The van der Waals surface area contributed by atoms with Crippen molar-refractivity contribution in [2.45, 2.75) is 12.5 Å². The van der Waals surface area contributed by atoms with Gasteiger partial charge in [0.1, 0.15) is 0 Å². The normalized spacial score (nSPS) is 19.1. The fraction of sp³-hybridized carbons (Fsp3) is 0.316. The van der Waals surface area contributed by atoms with Gasteiger partial charge >= 0.3 is 0 Å². The Bertz CT molecular complexity index is 770. The van der Waals surface area contributed by atoms with Crippen molar-refractivity contribution in [3.8, 4) is 0 Å². The van der Waals surface area contributed by atoms with Gasteiger partial charge in [0.15, 0.2) is 0 Å². The maximum absolute atomic E-state index is 12.2. The summed E-state index contributed by atoms with van der Waals surface area (Å²) in [7, 11) is 0. The van der Waals surface area contributed by atoms with Crippen molar-refractivity contribution in [1.82, 2.24) is 15.6 Å². The molecule has 1 aromatic carbocycles. The van der Waals surface area contributed by atoms with Crippen molar-refractivity contribution in [3.63, 3.8) is 0 Å². The van der Waals surface area contributed by atoms with E-state index in [1.807, 2.05) is 0 Å². The largest absolute Gasteiger partial charge is 0.376 e. The molecule has 6 nitrogen and oxygen atoms in total. The Kier molecular flexibility index (Phi) is 6.20. The fourth-order valence-electron chi connectivity index (χ4n) is 2.85. The van der Waals surface area contributed by atoms with Gasteiger partial charge in [-0.15, -0.1) is 0 Å². The second kappa shape index (κ2) is 8.78. The molecule has 1 aliphatic heterocycles. The summed E-state index contributed by atoms with van der Waals surface area (Å²) in [6.45, 7) is 1.51. The lowest BCUT2D eigenvalue weighted by molar-refractivity contribution is 0.0843. The van der Waals surface area contributed by atoms with Gasteiger partial charge in [-0.2, -0.15) is 0 Å². The summed E-state index contributed by atoms with van der Waals surface area (Å²) in [5.41, 5.74) is 1.04. The number of nitrogens with zero attached hydrogens (tertiary/aromatic N) is 1. The average molecular weight is 374 g/mol. The number of ether oxygens (including phenoxy) is 1. The van der Waals surface area contributed by atoms with E-state index in [9.17, 15) is 9.59 Å². The van der Waals surface area contributed by atoms with Crippen LogP contribution in [0.3, 0.4) is 0 Å². The average Bonchev–Trinajstić information content (AvgIpc) is 3.13. The monoisotopic (exact) mass is 373 g/mol. The van der Waals surface area contributed by atoms with Crippen molar-refractivity contribution in [1.29, 1.82) is 0 Å². The zero-order chi connectivity index (χ0) is 18.4. The van der Waals surface area contributed by atoms with E-state index in [-0.39, 0.29) is 23.8 Å². The number of hydrogen-bond acceptors (Lipinski definition) is 4. The number of amides is 2. The van der Waals surface area contributed by atoms with E-state index in [4.69, 9.17) is 16.3 Å². The van der Waals surface area contributed by atoms with Gasteiger partial charge in [0.05, 0.1) is 23.3 Å². The predicted molar refractivity (Wildman–Crippen MR) is 98.2 cm³/mol. The lowest BCUT2D eigenvalue weighted by Crippen LogP contribution is -2.32. The number of pyridine rings is 1. The fourth-order valence-corrected chi connectivity index (χ4v) is 3.08. The van der Waals surface area contributed by atoms with Gasteiger partial charge in [-0.3, -0.25) is 14.6 Å². The number of carbonyl (C=O) groups excluding carboxylic acids is 2. The molecule has 0 radical (unpaired) electrons. The van der Waals surface area contributed by atoms with Crippen molar-refractivity contribution in [2.24, 2.45) is 5.92 Å². The van der Waals surface area contributed by atoms with Crippen LogP contribution in [0.15, 0.2) is 48.8 Å². The van der Waals surface area contributed by atoms with Crippen LogP contribution in [0.2, 0.25) is 5.02 Å². The van der Waals surface area contributed by atoms with Crippen molar-refractivity contribution in [3.05, 3.63) is 64.9 Å². The minimum Gasteiger partial charge on any atom is -0.376 e. The zero-order valence-electron chi connectivity index (χ0n) is 14.2. The Balaban J connectivity index is 1.41. The molecule has 2 unspecified atom stereocenters. The topological polar surface area (TPSA) is 80.3 Å². The highest BCUT2D eigenvalue weighted by Crippen LogP contribution is 2.19. The predicted octanol–water partition coefficient (Wildman–Crippen LogP) is 2.30. The molecule has 2 amide bonds. The van der Waals surface area contributed by atoms with Gasteiger partial charge in [0.25, 0.3) is 11.8 Å². The van der Waals surface area contributed by atoms with Crippen LogP contribution in [0, 0.1) is 5.92 Å². The first kappa shape index (κ1) is 18.4. The summed E-state index contributed by atoms with van der Waals surface area (Å²) < 4.78 is 5.71. The number of rotatable bonds is 6. The summed E-state index contributed by atoms with van der Waals surface area (Å²) in [6, 6.07) is 10.3. The molecule has 136 valence electrons. The summed E-state index contributed by atoms with van der Waals surface area (Å²) >= 11 is 6.02. The first-order valence-corrected chi connectivity index (χ1v) is 8.84. The number of halogens is 1. The number of nitrogens with one attached hydrogen (secondary N) is 2. The molecule has 0 aliphatic carbocycles. The van der Waals surface area contributed by atoms with Gasteiger partial charge < -0.3 is 15.4 Å². The van der Waals surface area contributed by atoms with E-state index in [0.717, 1.165) is 6.42 Å². The zero-order valence-corrected chi connectivity index (χ0v) is 14.9. The highest BCUT2D eigenvalue weighted by molar-refractivity contribution is 6.33. The van der Waals surface area contributed by atoms with Crippen molar-refractivity contribution in [2.75, 3.05) is 19.7 Å². The molecule has 3 rings (SSSR count). The minimum absolute atomic E-state index is 0.0655. The number of aromatic nitrogens is 1. The number of carbonyl (C=O) groups is 2. The molecule has 2 aromatic rings. The van der Waals surface area contributed by atoms with Crippen LogP contribution >= 0.6 is 11.6 Å². The van der Waals surface area contributed by atoms with E-state index in [1.54, 1.807) is 48.8 Å². The second-order valence-corrected chi connectivity index (χ2v) is 6.60. The summed E-state index contributed by atoms with van der Waals surface area (Å²) in [4.78, 5) is 28.1. The smallest absolute Gasteiger partial charge is 0.252 e. The molecule has 7 heteroatoms. The highest BCUT2D eigenvalue weighted by atomic mass is 35.5. The van der Waals surface area contributed by atoms with Gasteiger partial charge in [-0.05, 0) is 30.7 Å². The van der Waals surface area contributed by atoms with Crippen LogP contribution in [0.25, 0.3) is 0 Å². The molecule has 1 aliphatic rings. The summed E-state index contributed by atoms with van der Waals surface area (Å²) in [5.74, 6) is -0.112. The minimum atomic E-state index is -0.214. The maximum Gasteiger partial charge on any atom is 0.252 e. The van der Waals surface area contributed by atoms with Gasteiger partial charge in [0.2, 0.25) is 0 Å². The lowest BCUT2D eigenvalue weighted by atomic mass is 10.1. The molecule has 1 saturated heterocycles. The van der Waals surface area contributed by atoms with Gasteiger partial charge in [-0.25, -0.2) is 0 Å². The molecular formula is C19H20ClN3O3. The van der Waals surface area contributed by atoms with Crippen LogP contribution in [0.1, 0.15) is 27.1 Å². The van der Waals surface area contributed by atoms with Crippen molar-refractivity contribution < 1.29 is 14.3 Å².